The number of allylic oxidation sites excluding steroid dienone is 1. The molecule has 8 nitrogen and oxygen atoms in total. The fraction of sp³-hybridized carbons (Fsp3) is 0.368. The summed E-state index contributed by atoms with van der Waals surface area (Å²) >= 11 is 0. The molecule has 158 valence electrons. The Balaban J connectivity index is 2.15. The van der Waals surface area contributed by atoms with E-state index < -0.39 is 21.9 Å². The molecule has 1 heterocycles. The molecular formula is C19H25FN4O4S. The number of aryl methyl sites for hydroxylation is 1. The molecule has 2 rings (SSSR count). The van der Waals surface area contributed by atoms with Gasteiger partial charge >= 0.3 is 6.09 Å². The zero-order chi connectivity index (χ0) is 21.8. The molecule has 0 aliphatic heterocycles. The lowest BCUT2D eigenvalue weighted by Gasteiger charge is -2.12. The maximum Gasteiger partial charge on any atom is 0.404 e. The summed E-state index contributed by atoms with van der Waals surface area (Å²) in [4.78, 5) is 10.6. The average Bonchev–Trinajstić information content (AvgIpc) is 2.89. The van der Waals surface area contributed by atoms with Crippen LogP contribution in [0.1, 0.15) is 22.5 Å². The number of nitrogens with zero attached hydrogens (tertiary/aromatic N) is 3. The summed E-state index contributed by atoms with van der Waals surface area (Å²) in [5.41, 5.74) is 3.08. The molecule has 0 radical (unpaired) electrons. The van der Waals surface area contributed by atoms with Crippen molar-refractivity contribution in [2.45, 2.75) is 31.7 Å². The lowest BCUT2D eigenvalue weighted by atomic mass is 10.1. The van der Waals surface area contributed by atoms with E-state index in [0.717, 1.165) is 21.1 Å². The third kappa shape index (κ3) is 5.64. The van der Waals surface area contributed by atoms with E-state index >= 15 is 0 Å². The molecule has 2 aromatic rings. The molecule has 0 aliphatic rings. The van der Waals surface area contributed by atoms with Crippen LogP contribution in [0, 0.1) is 13.8 Å². The molecule has 0 aliphatic carbocycles. The van der Waals surface area contributed by atoms with Gasteiger partial charge in [-0.1, -0.05) is 12.1 Å². The van der Waals surface area contributed by atoms with Crippen LogP contribution < -0.4 is 5.32 Å². The number of carboxylic acid groups (broad SMARTS) is 1. The molecule has 0 saturated heterocycles. The van der Waals surface area contributed by atoms with Gasteiger partial charge in [-0.15, -0.1) is 0 Å². The van der Waals surface area contributed by atoms with Crippen molar-refractivity contribution in [2.24, 2.45) is 0 Å². The first-order valence-corrected chi connectivity index (χ1v) is 10.3. The molecular weight excluding hydrogens is 399 g/mol. The highest BCUT2D eigenvalue weighted by Gasteiger charge is 2.17. The van der Waals surface area contributed by atoms with E-state index in [9.17, 15) is 17.6 Å². The van der Waals surface area contributed by atoms with E-state index in [4.69, 9.17) is 5.11 Å². The predicted molar refractivity (Wildman–Crippen MR) is 107 cm³/mol. The van der Waals surface area contributed by atoms with Crippen LogP contribution in [0.4, 0.5) is 9.18 Å². The zero-order valence-electron chi connectivity index (χ0n) is 16.8. The average molecular weight is 424 g/mol. The van der Waals surface area contributed by atoms with Crippen LogP contribution in [0.15, 0.2) is 41.1 Å². The molecule has 0 spiro atoms. The second-order valence-electron chi connectivity index (χ2n) is 6.75. The fourth-order valence-electron chi connectivity index (χ4n) is 2.78. The molecule has 1 aromatic heterocycles. The van der Waals surface area contributed by atoms with Crippen molar-refractivity contribution in [1.29, 1.82) is 0 Å². The summed E-state index contributed by atoms with van der Waals surface area (Å²) in [6.45, 7) is 3.94. The Hall–Kier alpha value is -2.72. The monoisotopic (exact) mass is 424 g/mol. The van der Waals surface area contributed by atoms with Gasteiger partial charge in [0.1, 0.15) is 5.83 Å². The third-order valence-electron chi connectivity index (χ3n) is 4.49. The van der Waals surface area contributed by atoms with Crippen molar-refractivity contribution < 1.29 is 22.7 Å². The van der Waals surface area contributed by atoms with E-state index in [1.807, 2.05) is 6.92 Å². The van der Waals surface area contributed by atoms with Crippen molar-refractivity contribution in [3.05, 3.63) is 58.7 Å². The number of halogens is 1. The summed E-state index contributed by atoms with van der Waals surface area (Å²) in [5, 5.41) is 15.1. The number of hydrogen-bond acceptors (Lipinski definition) is 4. The molecule has 1 aromatic carbocycles. The maximum atomic E-state index is 14.1. The Morgan fingerprint density at radius 3 is 2.45 bits per heavy atom. The number of nitrogens with one attached hydrogen (secondary N) is 1. The standard InChI is InChI=1S/C19H25FN4O4S/c1-13-18(11-16(20)9-10-21-19(25)26)14(2)24(22-13)12-15-5-7-17(8-6-15)29(27,28)23(3)4/h5-9,21H,10-12H2,1-4H3,(H,25,26)/b16-9-. The molecule has 0 fully saturated rings. The minimum absolute atomic E-state index is 0.0268. The molecule has 2 N–H and O–H groups in total. The maximum absolute atomic E-state index is 14.1. The van der Waals surface area contributed by atoms with E-state index in [2.05, 4.69) is 10.4 Å². The number of rotatable bonds is 8. The van der Waals surface area contributed by atoms with Gasteiger partial charge < -0.3 is 10.4 Å². The largest absolute Gasteiger partial charge is 0.465 e. The molecule has 0 saturated carbocycles. The van der Waals surface area contributed by atoms with Crippen molar-refractivity contribution in [3.63, 3.8) is 0 Å². The van der Waals surface area contributed by atoms with E-state index in [1.165, 1.54) is 20.2 Å². The highest BCUT2D eigenvalue weighted by atomic mass is 32.2. The smallest absolute Gasteiger partial charge is 0.404 e. The van der Waals surface area contributed by atoms with Gasteiger partial charge in [-0.2, -0.15) is 5.10 Å². The lowest BCUT2D eigenvalue weighted by molar-refractivity contribution is 0.195. The number of benzene rings is 1. The third-order valence-corrected chi connectivity index (χ3v) is 6.32. The summed E-state index contributed by atoms with van der Waals surface area (Å²) < 4.78 is 41.3. The Kier molecular flexibility index (Phi) is 7.15. The first kappa shape index (κ1) is 22.6. The molecule has 0 unspecified atom stereocenters. The summed E-state index contributed by atoms with van der Waals surface area (Å²) in [7, 11) is -0.526. The van der Waals surface area contributed by atoms with Crippen LogP contribution in [0.5, 0.6) is 0 Å². The van der Waals surface area contributed by atoms with E-state index in [-0.39, 0.29) is 17.9 Å². The van der Waals surface area contributed by atoms with Gasteiger partial charge in [-0.05, 0) is 37.6 Å². The normalized spacial score (nSPS) is 12.4. The zero-order valence-corrected chi connectivity index (χ0v) is 17.6. The van der Waals surface area contributed by atoms with Crippen molar-refractivity contribution in [2.75, 3.05) is 20.6 Å². The van der Waals surface area contributed by atoms with Crippen molar-refractivity contribution in [1.82, 2.24) is 19.4 Å². The Morgan fingerprint density at radius 1 is 1.28 bits per heavy atom. The van der Waals surface area contributed by atoms with E-state index in [0.29, 0.717) is 12.2 Å². The molecule has 10 heteroatoms. The molecule has 0 bridgehead atoms. The summed E-state index contributed by atoms with van der Waals surface area (Å²) in [6.07, 6.45) is 0.00591. The van der Waals surface area contributed by atoms with Crippen LogP contribution in [0.25, 0.3) is 0 Å². The van der Waals surface area contributed by atoms with Crippen molar-refractivity contribution >= 4 is 16.1 Å². The highest BCUT2D eigenvalue weighted by Crippen LogP contribution is 2.20. The Labute approximate surface area is 169 Å². The van der Waals surface area contributed by atoms with Gasteiger partial charge in [0.2, 0.25) is 10.0 Å². The molecule has 1 amide bonds. The van der Waals surface area contributed by atoms with Gasteiger partial charge in [-0.25, -0.2) is 21.9 Å². The number of aromatic nitrogens is 2. The molecule has 0 atom stereocenters. The van der Waals surface area contributed by atoms with Gasteiger partial charge in [0.25, 0.3) is 0 Å². The lowest BCUT2D eigenvalue weighted by Crippen LogP contribution is -2.22. The quantitative estimate of drug-likeness (QED) is 0.677. The summed E-state index contributed by atoms with van der Waals surface area (Å²) in [5.74, 6) is -0.442. The number of sulfonamides is 1. The first-order valence-electron chi connectivity index (χ1n) is 8.88. The van der Waals surface area contributed by atoms with Crippen molar-refractivity contribution in [3.8, 4) is 0 Å². The van der Waals surface area contributed by atoms with Crippen LogP contribution in [0.3, 0.4) is 0 Å². The minimum Gasteiger partial charge on any atom is -0.465 e. The molecule has 29 heavy (non-hydrogen) atoms. The van der Waals surface area contributed by atoms with Gasteiger partial charge in [-0.3, -0.25) is 4.68 Å². The number of carbonyl (C=O) groups is 1. The topological polar surface area (TPSA) is 105 Å². The van der Waals surface area contributed by atoms with Crippen LogP contribution in [-0.2, 0) is 23.0 Å². The van der Waals surface area contributed by atoms with Crippen LogP contribution >= 0.6 is 0 Å². The minimum atomic E-state index is -3.48. The van der Waals surface area contributed by atoms with Gasteiger partial charge in [0.05, 0.1) is 17.1 Å². The van der Waals surface area contributed by atoms with Crippen LogP contribution in [0.2, 0.25) is 0 Å². The second kappa shape index (κ2) is 9.19. The van der Waals surface area contributed by atoms with Crippen LogP contribution in [-0.4, -0.2) is 54.3 Å². The SMILES string of the molecule is Cc1nn(Cc2ccc(S(=O)(=O)N(C)C)cc2)c(C)c1C/C(F)=C/CNC(=O)O. The first-order chi connectivity index (χ1) is 13.5. The van der Waals surface area contributed by atoms with Gasteiger partial charge in [0.15, 0.2) is 0 Å². The predicted octanol–water partition coefficient (Wildman–Crippen LogP) is 2.46. The summed E-state index contributed by atoms with van der Waals surface area (Å²) in [6, 6.07) is 6.55. The van der Waals surface area contributed by atoms with E-state index in [1.54, 1.807) is 35.9 Å². The fourth-order valence-corrected chi connectivity index (χ4v) is 3.69. The Morgan fingerprint density at radius 2 is 1.90 bits per heavy atom. The second-order valence-corrected chi connectivity index (χ2v) is 8.90. The highest BCUT2D eigenvalue weighted by molar-refractivity contribution is 7.89. The Bertz CT molecular complexity index is 1010. The number of hydrogen-bond donors (Lipinski definition) is 2. The number of amides is 1. The van der Waals surface area contributed by atoms with Gasteiger partial charge in [0, 0.05) is 38.3 Å².